The van der Waals surface area contributed by atoms with Gasteiger partial charge >= 0.3 is 0 Å². The summed E-state index contributed by atoms with van der Waals surface area (Å²) in [5, 5.41) is 14.3. The highest BCUT2D eigenvalue weighted by Gasteiger charge is 2.08. The van der Waals surface area contributed by atoms with Crippen LogP contribution in [0.5, 0.6) is 5.75 Å². The predicted octanol–water partition coefficient (Wildman–Crippen LogP) is 2.68. The molecule has 3 N–H and O–H groups in total. The van der Waals surface area contributed by atoms with Crippen molar-refractivity contribution in [1.82, 2.24) is 25.8 Å². The number of ether oxygens (including phenoxy) is 1. The molecule has 9 heteroatoms. The largest absolute Gasteiger partial charge is 0.497 e. The standard InChI is InChI=1S/C19H23ClN6O2/c1-21-19(22-9-7-13-5-6-14(27-2)12-15(13)20)23-10-8-17-24-18(26-25-17)16-4-3-11-28-16/h3-6,11-12H,7-10H2,1-2H3,(H2,21,22,23)(H,24,25,26). The summed E-state index contributed by atoms with van der Waals surface area (Å²) in [6.07, 6.45) is 3.05. The van der Waals surface area contributed by atoms with E-state index in [1.807, 2.05) is 30.3 Å². The van der Waals surface area contributed by atoms with Gasteiger partial charge in [0.15, 0.2) is 11.7 Å². The van der Waals surface area contributed by atoms with Gasteiger partial charge in [-0.15, -0.1) is 0 Å². The Labute approximate surface area is 168 Å². The number of hydrogen-bond donors (Lipinski definition) is 3. The van der Waals surface area contributed by atoms with Gasteiger partial charge in [-0.1, -0.05) is 17.7 Å². The van der Waals surface area contributed by atoms with Crippen LogP contribution < -0.4 is 15.4 Å². The number of halogens is 1. The van der Waals surface area contributed by atoms with Crippen molar-refractivity contribution in [2.24, 2.45) is 4.99 Å². The van der Waals surface area contributed by atoms with E-state index < -0.39 is 0 Å². The highest BCUT2D eigenvalue weighted by atomic mass is 35.5. The summed E-state index contributed by atoms with van der Waals surface area (Å²) in [5.74, 6) is 3.44. The van der Waals surface area contributed by atoms with Crippen LogP contribution >= 0.6 is 11.6 Å². The van der Waals surface area contributed by atoms with Crippen molar-refractivity contribution in [2.75, 3.05) is 27.2 Å². The molecule has 0 aliphatic rings. The number of aliphatic imine (C=N–C) groups is 1. The van der Waals surface area contributed by atoms with Crippen LogP contribution in [0.1, 0.15) is 11.4 Å². The monoisotopic (exact) mass is 402 g/mol. The van der Waals surface area contributed by atoms with E-state index in [4.69, 9.17) is 20.8 Å². The van der Waals surface area contributed by atoms with Crippen molar-refractivity contribution in [2.45, 2.75) is 12.8 Å². The second kappa shape index (κ2) is 9.80. The molecule has 2 heterocycles. The van der Waals surface area contributed by atoms with Crippen molar-refractivity contribution >= 4 is 17.6 Å². The average Bonchev–Trinajstić information content (AvgIpc) is 3.39. The van der Waals surface area contributed by atoms with Gasteiger partial charge in [-0.3, -0.25) is 10.1 Å². The molecule has 0 aliphatic carbocycles. The lowest BCUT2D eigenvalue weighted by Crippen LogP contribution is -2.39. The Kier molecular flexibility index (Phi) is 6.91. The van der Waals surface area contributed by atoms with Gasteiger partial charge in [0.25, 0.3) is 0 Å². The molecular formula is C19H23ClN6O2. The highest BCUT2D eigenvalue weighted by Crippen LogP contribution is 2.22. The maximum Gasteiger partial charge on any atom is 0.216 e. The van der Waals surface area contributed by atoms with Gasteiger partial charge in [-0.2, -0.15) is 5.10 Å². The Morgan fingerprint density at radius 2 is 2.07 bits per heavy atom. The lowest BCUT2D eigenvalue weighted by atomic mass is 10.1. The van der Waals surface area contributed by atoms with Crippen molar-refractivity contribution in [3.8, 4) is 17.3 Å². The second-order valence-electron chi connectivity index (χ2n) is 5.97. The minimum absolute atomic E-state index is 0.555. The lowest BCUT2D eigenvalue weighted by molar-refractivity contribution is 0.414. The third kappa shape index (κ3) is 5.26. The van der Waals surface area contributed by atoms with Gasteiger partial charge in [-0.25, -0.2) is 4.98 Å². The third-order valence-electron chi connectivity index (χ3n) is 4.10. The van der Waals surface area contributed by atoms with E-state index in [0.29, 0.717) is 36.1 Å². The van der Waals surface area contributed by atoms with E-state index in [0.717, 1.165) is 29.5 Å². The number of H-pyrrole nitrogens is 1. The molecule has 0 fully saturated rings. The van der Waals surface area contributed by atoms with Crippen LogP contribution in [0.25, 0.3) is 11.6 Å². The quantitative estimate of drug-likeness (QED) is 0.395. The van der Waals surface area contributed by atoms with E-state index in [2.05, 4.69) is 30.8 Å². The van der Waals surface area contributed by atoms with E-state index in [9.17, 15) is 0 Å². The van der Waals surface area contributed by atoms with Crippen LogP contribution in [0.2, 0.25) is 5.02 Å². The number of aromatic amines is 1. The number of rotatable bonds is 8. The Bertz CT molecular complexity index is 907. The fourth-order valence-electron chi connectivity index (χ4n) is 2.62. The van der Waals surface area contributed by atoms with Crippen molar-refractivity contribution in [3.05, 3.63) is 53.0 Å². The number of guanidine groups is 1. The number of methoxy groups -OCH3 is 1. The Morgan fingerprint density at radius 1 is 1.25 bits per heavy atom. The fourth-order valence-corrected chi connectivity index (χ4v) is 2.88. The predicted molar refractivity (Wildman–Crippen MR) is 109 cm³/mol. The summed E-state index contributed by atoms with van der Waals surface area (Å²) in [6.45, 7) is 1.37. The van der Waals surface area contributed by atoms with Crippen LogP contribution in [-0.4, -0.2) is 48.4 Å². The van der Waals surface area contributed by atoms with Crippen LogP contribution in [0, 0.1) is 0 Å². The molecule has 1 aromatic carbocycles. The summed E-state index contributed by atoms with van der Waals surface area (Å²) in [5.41, 5.74) is 1.05. The summed E-state index contributed by atoms with van der Waals surface area (Å²) in [6, 6.07) is 9.33. The zero-order chi connectivity index (χ0) is 19.8. The van der Waals surface area contributed by atoms with Crippen LogP contribution in [-0.2, 0) is 12.8 Å². The Hall–Kier alpha value is -3.00. The minimum atomic E-state index is 0.555. The summed E-state index contributed by atoms with van der Waals surface area (Å²) >= 11 is 6.27. The number of nitrogens with one attached hydrogen (secondary N) is 3. The molecule has 28 heavy (non-hydrogen) atoms. The van der Waals surface area contributed by atoms with Crippen molar-refractivity contribution in [1.29, 1.82) is 0 Å². The first-order valence-electron chi connectivity index (χ1n) is 8.91. The van der Waals surface area contributed by atoms with E-state index in [1.165, 1.54) is 0 Å². The minimum Gasteiger partial charge on any atom is -0.497 e. The number of benzene rings is 1. The number of furan rings is 1. The number of nitrogens with zero attached hydrogens (tertiary/aromatic N) is 3. The maximum absolute atomic E-state index is 6.27. The molecule has 3 rings (SSSR count). The fraction of sp³-hybridized carbons (Fsp3) is 0.316. The van der Waals surface area contributed by atoms with Crippen molar-refractivity contribution in [3.63, 3.8) is 0 Å². The third-order valence-corrected chi connectivity index (χ3v) is 4.45. The van der Waals surface area contributed by atoms with E-state index in [-0.39, 0.29) is 0 Å². The molecule has 0 bridgehead atoms. The number of aromatic nitrogens is 3. The molecule has 0 spiro atoms. The Balaban J connectivity index is 1.41. The Morgan fingerprint density at radius 3 is 2.75 bits per heavy atom. The van der Waals surface area contributed by atoms with Gasteiger partial charge < -0.3 is 19.8 Å². The summed E-state index contributed by atoms with van der Waals surface area (Å²) < 4.78 is 10.5. The SMILES string of the molecule is CN=C(NCCc1nc(-c2ccco2)n[nH]1)NCCc1ccc(OC)cc1Cl. The normalized spacial score (nSPS) is 11.5. The molecule has 2 aromatic heterocycles. The van der Waals surface area contributed by atoms with E-state index >= 15 is 0 Å². The molecule has 0 amide bonds. The summed E-state index contributed by atoms with van der Waals surface area (Å²) in [4.78, 5) is 8.64. The van der Waals surface area contributed by atoms with Gasteiger partial charge in [-0.05, 0) is 36.2 Å². The van der Waals surface area contributed by atoms with Crippen molar-refractivity contribution < 1.29 is 9.15 Å². The molecule has 0 saturated heterocycles. The lowest BCUT2D eigenvalue weighted by Gasteiger charge is -2.12. The van der Waals surface area contributed by atoms with Crippen LogP contribution in [0.4, 0.5) is 0 Å². The second-order valence-corrected chi connectivity index (χ2v) is 6.37. The first kappa shape index (κ1) is 19.8. The first-order chi connectivity index (χ1) is 13.7. The zero-order valence-corrected chi connectivity index (χ0v) is 16.6. The first-order valence-corrected chi connectivity index (χ1v) is 9.29. The summed E-state index contributed by atoms with van der Waals surface area (Å²) in [7, 11) is 3.36. The molecule has 0 atom stereocenters. The van der Waals surface area contributed by atoms with Gasteiger partial charge in [0.1, 0.15) is 11.6 Å². The zero-order valence-electron chi connectivity index (χ0n) is 15.8. The van der Waals surface area contributed by atoms with E-state index in [1.54, 1.807) is 20.4 Å². The number of hydrogen-bond acceptors (Lipinski definition) is 5. The molecule has 0 unspecified atom stereocenters. The van der Waals surface area contributed by atoms with Gasteiger partial charge in [0.05, 0.1) is 13.4 Å². The highest BCUT2D eigenvalue weighted by molar-refractivity contribution is 6.31. The van der Waals surface area contributed by atoms with Crippen LogP contribution in [0.15, 0.2) is 46.0 Å². The smallest absolute Gasteiger partial charge is 0.216 e. The molecule has 148 valence electrons. The van der Waals surface area contributed by atoms with Crippen LogP contribution in [0.3, 0.4) is 0 Å². The molecule has 3 aromatic rings. The molecule has 0 saturated carbocycles. The molecule has 0 aliphatic heterocycles. The van der Waals surface area contributed by atoms with Gasteiger partial charge in [0, 0.05) is 31.6 Å². The van der Waals surface area contributed by atoms with Gasteiger partial charge in [0.2, 0.25) is 5.82 Å². The molecule has 0 radical (unpaired) electrons. The average molecular weight is 403 g/mol. The topological polar surface area (TPSA) is 100 Å². The maximum atomic E-state index is 6.27. The molecule has 8 nitrogen and oxygen atoms in total. The molecular weight excluding hydrogens is 380 g/mol.